The molecule has 20 heteroatoms. The van der Waals surface area contributed by atoms with Crippen molar-refractivity contribution in [2.75, 3.05) is 52.9 Å². The predicted octanol–water partition coefficient (Wildman–Crippen LogP) is 4.56. The summed E-state index contributed by atoms with van der Waals surface area (Å²) in [5.41, 5.74) is 0. The highest BCUT2D eigenvalue weighted by molar-refractivity contribution is 4.96. The van der Waals surface area contributed by atoms with Crippen LogP contribution in [-0.2, 0) is 47.4 Å². The van der Waals surface area contributed by atoms with Crippen LogP contribution in [0.4, 0.5) is 0 Å². The van der Waals surface area contributed by atoms with E-state index in [1.165, 1.54) is 141 Å². The Morgan fingerprint density at radius 3 is 1.13 bits per heavy atom. The van der Waals surface area contributed by atoms with Gasteiger partial charge in [-0.15, -0.1) is 0 Å². The summed E-state index contributed by atoms with van der Waals surface area (Å²) in [4.78, 5) is 0. The predicted molar refractivity (Wildman–Crippen MR) is 281 cm³/mol. The molecule has 10 N–H and O–H groups in total. The zero-order valence-corrected chi connectivity index (χ0v) is 46.4. The summed E-state index contributed by atoms with van der Waals surface area (Å²) in [7, 11) is 0. The van der Waals surface area contributed by atoms with Crippen LogP contribution in [0.3, 0.4) is 0 Å². The molecule has 4 heterocycles. The van der Waals surface area contributed by atoms with Crippen molar-refractivity contribution in [2.45, 2.75) is 304 Å². The molecular weight excluding hydrogens is 993 g/mol. The molecule has 0 bridgehead atoms. The quantitative estimate of drug-likeness (QED) is 0.0374. The van der Waals surface area contributed by atoms with Crippen LogP contribution < -0.4 is 0 Å². The molecule has 0 saturated carbocycles. The topological polar surface area (TPSA) is 295 Å². The van der Waals surface area contributed by atoms with Crippen LogP contribution >= 0.6 is 0 Å². The van der Waals surface area contributed by atoms with Crippen molar-refractivity contribution in [3.63, 3.8) is 0 Å². The fourth-order valence-corrected chi connectivity index (χ4v) is 10.4. The lowest BCUT2D eigenvalue weighted by Crippen LogP contribution is -2.59. The number of hydrogen-bond donors (Lipinski definition) is 10. The zero-order chi connectivity index (χ0) is 54.9. The molecule has 76 heavy (non-hydrogen) atoms. The standard InChI is InChI=1S/C56H106O20/c1-3-5-7-9-11-13-15-17-19-21-23-25-27-29-31-67-36-39(68-32-30-28-26-24-22-20-18-16-14-12-10-8-6-4-2)37-69-56-52(76-55-49(65)46(62)42(35-59)73-55)51(75-54-48(64)45(61)41(34-58)72-54)43(74-56)38-70-53-50(66)47(63)44(60)40(33-57)71-53/h39-66H,3-38H2,1-2H3/t39?,40-,41-,42-,43-,44-,45-,46-,47+,48+,49+,50+,51-,52+,53+,54+,55-,56+/m1/s1. The first-order chi connectivity index (χ1) is 37.0. The van der Waals surface area contributed by atoms with Crippen molar-refractivity contribution in [3.8, 4) is 0 Å². The minimum atomic E-state index is -1.76. The van der Waals surface area contributed by atoms with Crippen LogP contribution in [0, 0.1) is 0 Å². The molecule has 0 spiro atoms. The summed E-state index contributed by atoms with van der Waals surface area (Å²) < 4.78 is 60.8. The van der Waals surface area contributed by atoms with Crippen LogP contribution in [0.5, 0.6) is 0 Å². The van der Waals surface area contributed by atoms with Crippen molar-refractivity contribution >= 4 is 0 Å². The Hall–Kier alpha value is -0.800. The molecule has 0 aromatic rings. The summed E-state index contributed by atoms with van der Waals surface area (Å²) in [5, 5.41) is 104. The molecule has 0 aromatic heterocycles. The fourth-order valence-electron chi connectivity index (χ4n) is 10.4. The highest BCUT2D eigenvalue weighted by Crippen LogP contribution is 2.36. The van der Waals surface area contributed by atoms with Gasteiger partial charge in [-0.1, -0.05) is 181 Å². The summed E-state index contributed by atoms with van der Waals surface area (Å²) in [5.74, 6) is 0. The van der Waals surface area contributed by atoms with E-state index in [1.54, 1.807) is 0 Å². The van der Waals surface area contributed by atoms with Crippen molar-refractivity contribution in [1.82, 2.24) is 0 Å². The van der Waals surface area contributed by atoms with Gasteiger partial charge in [0.15, 0.2) is 25.2 Å². The van der Waals surface area contributed by atoms with E-state index >= 15 is 0 Å². The molecule has 0 amide bonds. The van der Waals surface area contributed by atoms with Gasteiger partial charge in [0.2, 0.25) is 0 Å². The highest BCUT2D eigenvalue weighted by atomic mass is 16.8. The highest BCUT2D eigenvalue weighted by Gasteiger charge is 2.55. The van der Waals surface area contributed by atoms with Gasteiger partial charge in [0.05, 0.1) is 39.6 Å². The average Bonchev–Trinajstić information content (AvgIpc) is 4.01. The summed E-state index contributed by atoms with van der Waals surface area (Å²) in [6, 6.07) is 0. The van der Waals surface area contributed by atoms with Gasteiger partial charge in [0.25, 0.3) is 0 Å². The summed E-state index contributed by atoms with van der Waals surface area (Å²) in [6.07, 6.45) is 8.68. The van der Waals surface area contributed by atoms with Crippen molar-refractivity contribution in [3.05, 3.63) is 0 Å². The lowest BCUT2D eigenvalue weighted by molar-refractivity contribution is -0.308. The number of unbranched alkanes of at least 4 members (excludes halogenated alkanes) is 26. The lowest BCUT2D eigenvalue weighted by Gasteiger charge is -2.40. The third-order valence-electron chi connectivity index (χ3n) is 15.4. The first kappa shape index (κ1) is 67.7. The third-order valence-corrected chi connectivity index (χ3v) is 15.4. The molecule has 18 atom stereocenters. The number of hydrogen-bond acceptors (Lipinski definition) is 20. The molecule has 4 aliphatic heterocycles. The van der Waals surface area contributed by atoms with Gasteiger partial charge in [0.1, 0.15) is 85.5 Å². The smallest absolute Gasteiger partial charge is 0.187 e. The molecule has 1 unspecified atom stereocenters. The van der Waals surface area contributed by atoms with Crippen LogP contribution in [0.25, 0.3) is 0 Å². The number of aliphatic hydroxyl groups is 10. The monoisotopic (exact) mass is 1100 g/mol. The normalized spacial score (nSPS) is 33.2. The number of rotatable bonds is 46. The Morgan fingerprint density at radius 1 is 0.342 bits per heavy atom. The Morgan fingerprint density at radius 2 is 0.697 bits per heavy atom. The molecule has 0 radical (unpaired) electrons. The van der Waals surface area contributed by atoms with Gasteiger partial charge in [-0.05, 0) is 12.8 Å². The Balaban J connectivity index is 1.39. The van der Waals surface area contributed by atoms with E-state index in [1.807, 2.05) is 0 Å². The molecule has 20 nitrogen and oxygen atoms in total. The molecule has 4 fully saturated rings. The van der Waals surface area contributed by atoms with Gasteiger partial charge >= 0.3 is 0 Å². The summed E-state index contributed by atoms with van der Waals surface area (Å²) >= 11 is 0. The maximum absolute atomic E-state index is 11.0. The number of ether oxygens (including phenoxy) is 10. The Labute approximate surface area is 454 Å². The molecule has 0 aliphatic carbocycles. The van der Waals surface area contributed by atoms with E-state index in [2.05, 4.69) is 13.8 Å². The van der Waals surface area contributed by atoms with Gasteiger partial charge in [-0.3, -0.25) is 0 Å². The minimum Gasteiger partial charge on any atom is -0.394 e. The molecular formula is C56H106O20. The van der Waals surface area contributed by atoms with Crippen LogP contribution in [0.2, 0.25) is 0 Å². The molecule has 0 aromatic carbocycles. The third kappa shape index (κ3) is 24.0. The van der Waals surface area contributed by atoms with Crippen molar-refractivity contribution < 1.29 is 98.4 Å². The lowest BCUT2D eigenvalue weighted by atomic mass is 9.99. The van der Waals surface area contributed by atoms with Gasteiger partial charge in [-0.25, -0.2) is 0 Å². The van der Waals surface area contributed by atoms with E-state index in [-0.39, 0.29) is 13.2 Å². The molecule has 4 aliphatic rings. The van der Waals surface area contributed by atoms with Crippen molar-refractivity contribution in [2.24, 2.45) is 0 Å². The van der Waals surface area contributed by atoms with Crippen LogP contribution in [0.15, 0.2) is 0 Å². The Bertz CT molecular complexity index is 1390. The van der Waals surface area contributed by atoms with E-state index < -0.39 is 137 Å². The van der Waals surface area contributed by atoms with Gasteiger partial charge in [-0.2, -0.15) is 0 Å². The van der Waals surface area contributed by atoms with Gasteiger partial charge in [0, 0.05) is 13.2 Å². The SMILES string of the molecule is CCCCCCCCCCCCCCCCOCC(CO[C@H]1O[C@H](CO[C@H]2O[C@H](CO)[C@@H](O)[C@H](O)[C@@H]2O)[C@@H](O[C@@H]2O[C@H](CO)[C@@H](O)[C@@H]2O)[C@@H]1O[C@H]1O[C@H](CO)[C@@H](O)[C@@H]1O)OCCCCCCCCCCCCCCCC. The second-order valence-electron chi connectivity index (χ2n) is 21.8. The first-order valence-corrected chi connectivity index (χ1v) is 29.9. The van der Waals surface area contributed by atoms with Crippen molar-refractivity contribution in [1.29, 1.82) is 0 Å². The zero-order valence-electron chi connectivity index (χ0n) is 46.4. The average molecular weight is 1100 g/mol. The van der Waals surface area contributed by atoms with E-state index in [0.29, 0.717) is 13.2 Å². The van der Waals surface area contributed by atoms with E-state index in [9.17, 15) is 51.1 Å². The molecule has 4 rings (SSSR count). The maximum atomic E-state index is 11.0. The first-order valence-electron chi connectivity index (χ1n) is 29.9. The van der Waals surface area contributed by atoms with E-state index in [4.69, 9.17) is 47.4 Å². The van der Waals surface area contributed by atoms with Crippen LogP contribution in [0.1, 0.15) is 194 Å². The number of aliphatic hydroxyl groups excluding tert-OH is 10. The minimum absolute atomic E-state index is 0.0846. The fraction of sp³-hybridized carbons (Fsp3) is 1.00. The summed E-state index contributed by atoms with van der Waals surface area (Å²) in [6.45, 7) is 3.10. The molecule has 450 valence electrons. The van der Waals surface area contributed by atoms with Crippen LogP contribution in [-0.4, -0.2) is 215 Å². The van der Waals surface area contributed by atoms with Gasteiger partial charge < -0.3 is 98.4 Å². The second-order valence-corrected chi connectivity index (χ2v) is 21.8. The Kier molecular flexibility index (Phi) is 36.0. The maximum Gasteiger partial charge on any atom is 0.187 e. The largest absolute Gasteiger partial charge is 0.394 e. The van der Waals surface area contributed by atoms with E-state index in [0.717, 1.165) is 38.5 Å². The second kappa shape index (κ2) is 40.4. The molecule has 4 saturated heterocycles.